The van der Waals surface area contributed by atoms with Crippen molar-refractivity contribution in [3.63, 3.8) is 0 Å². The summed E-state index contributed by atoms with van der Waals surface area (Å²) in [7, 11) is 0. The first kappa shape index (κ1) is 10.8. The van der Waals surface area contributed by atoms with Crippen molar-refractivity contribution in [1.82, 2.24) is 9.97 Å². The molecule has 1 saturated heterocycles. The Hall–Kier alpha value is -0.680. The smallest absolute Gasteiger partial charge is 0.228 e. The molecule has 1 unspecified atom stereocenters. The quantitative estimate of drug-likeness (QED) is 0.617. The topological polar surface area (TPSA) is 46.1 Å². The zero-order chi connectivity index (χ0) is 10.8. The van der Waals surface area contributed by atoms with Crippen LogP contribution < -0.4 is 4.90 Å². The van der Waals surface area contributed by atoms with Gasteiger partial charge in [-0.3, -0.25) is 9.69 Å². The standard InChI is InChI=1S/C9H9BrClN3O/c10-4-6-3-8(15)14(5-6)7-1-2-12-9(11)13-7/h1-2,6H,3-5H2. The Morgan fingerprint density at radius 2 is 2.47 bits per heavy atom. The molecule has 4 nitrogen and oxygen atoms in total. The third-order valence-electron chi connectivity index (χ3n) is 2.31. The number of amides is 1. The molecule has 1 atom stereocenters. The number of carbonyl (C=O) groups excluding carboxylic acids is 1. The Balaban J connectivity index is 2.21. The second-order valence-corrected chi connectivity index (χ2v) is 4.40. The summed E-state index contributed by atoms with van der Waals surface area (Å²) in [6.45, 7) is 0.692. The summed E-state index contributed by atoms with van der Waals surface area (Å²) in [6, 6.07) is 1.69. The average Bonchev–Trinajstić information content (AvgIpc) is 2.60. The maximum Gasteiger partial charge on any atom is 0.228 e. The number of hydrogen-bond donors (Lipinski definition) is 0. The zero-order valence-corrected chi connectivity index (χ0v) is 10.2. The summed E-state index contributed by atoms with van der Waals surface area (Å²) < 4.78 is 0. The van der Waals surface area contributed by atoms with Crippen LogP contribution >= 0.6 is 27.5 Å². The van der Waals surface area contributed by atoms with E-state index in [2.05, 4.69) is 25.9 Å². The minimum absolute atomic E-state index is 0.0919. The molecule has 0 saturated carbocycles. The highest BCUT2D eigenvalue weighted by Gasteiger charge is 2.30. The van der Waals surface area contributed by atoms with Crippen molar-refractivity contribution in [3.05, 3.63) is 17.5 Å². The fraction of sp³-hybridized carbons (Fsp3) is 0.444. The van der Waals surface area contributed by atoms with Crippen LogP contribution in [0.5, 0.6) is 0 Å². The molecule has 0 spiro atoms. The van der Waals surface area contributed by atoms with Gasteiger partial charge in [-0.25, -0.2) is 9.97 Å². The van der Waals surface area contributed by atoms with Crippen molar-refractivity contribution in [1.29, 1.82) is 0 Å². The van der Waals surface area contributed by atoms with E-state index in [9.17, 15) is 4.79 Å². The molecule has 1 fully saturated rings. The maximum atomic E-state index is 11.7. The predicted octanol–water partition coefficient (Wildman–Crippen LogP) is 1.88. The third kappa shape index (κ3) is 2.29. The Bertz CT molecular complexity index is 387. The summed E-state index contributed by atoms with van der Waals surface area (Å²) in [4.78, 5) is 21.1. The Morgan fingerprint density at radius 3 is 3.07 bits per heavy atom. The van der Waals surface area contributed by atoms with Gasteiger partial charge in [0, 0.05) is 24.5 Å². The van der Waals surface area contributed by atoms with Gasteiger partial charge in [0.05, 0.1) is 0 Å². The van der Waals surface area contributed by atoms with Crippen LogP contribution in [-0.2, 0) is 4.79 Å². The largest absolute Gasteiger partial charge is 0.296 e. The molecule has 1 aliphatic heterocycles. The van der Waals surface area contributed by atoms with Crippen molar-refractivity contribution in [2.75, 3.05) is 16.8 Å². The molecule has 0 aromatic carbocycles. The monoisotopic (exact) mass is 289 g/mol. The van der Waals surface area contributed by atoms with E-state index in [0.717, 1.165) is 5.33 Å². The van der Waals surface area contributed by atoms with Crippen LogP contribution in [0.1, 0.15) is 6.42 Å². The van der Waals surface area contributed by atoms with E-state index in [1.165, 1.54) is 0 Å². The van der Waals surface area contributed by atoms with Crippen LogP contribution in [-0.4, -0.2) is 27.7 Å². The van der Waals surface area contributed by atoms with E-state index in [1.807, 2.05) is 0 Å². The molecule has 0 aliphatic carbocycles. The van der Waals surface area contributed by atoms with Gasteiger partial charge < -0.3 is 0 Å². The van der Waals surface area contributed by atoms with Gasteiger partial charge in [-0.15, -0.1) is 0 Å². The zero-order valence-electron chi connectivity index (χ0n) is 7.86. The van der Waals surface area contributed by atoms with Crippen LogP contribution in [0.2, 0.25) is 5.28 Å². The number of halogens is 2. The Kier molecular flexibility index (Phi) is 3.21. The van der Waals surface area contributed by atoms with E-state index < -0.39 is 0 Å². The molecule has 80 valence electrons. The lowest BCUT2D eigenvalue weighted by molar-refractivity contribution is -0.117. The van der Waals surface area contributed by atoms with Gasteiger partial charge in [0.25, 0.3) is 0 Å². The lowest BCUT2D eigenvalue weighted by Crippen LogP contribution is -2.25. The molecule has 2 heterocycles. The summed E-state index contributed by atoms with van der Waals surface area (Å²) >= 11 is 9.05. The summed E-state index contributed by atoms with van der Waals surface area (Å²) in [5.41, 5.74) is 0. The summed E-state index contributed by atoms with van der Waals surface area (Å²) in [6.07, 6.45) is 2.12. The number of alkyl halides is 1. The summed E-state index contributed by atoms with van der Waals surface area (Å²) in [5, 5.41) is 0.997. The molecule has 2 rings (SSSR count). The third-order valence-corrected chi connectivity index (χ3v) is 3.41. The van der Waals surface area contributed by atoms with Crippen molar-refractivity contribution in [3.8, 4) is 0 Å². The van der Waals surface area contributed by atoms with E-state index in [0.29, 0.717) is 24.7 Å². The van der Waals surface area contributed by atoms with Gasteiger partial charge in [-0.05, 0) is 23.6 Å². The Morgan fingerprint density at radius 1 is 1.67 bits per heavy atom. The molecule has 1 aliphatic rings. The molecule has 0 N–H and O–H groups in total. The van der Waals surface area contributed by atoms with E-state index in [4.69, 9.17) is 11.6 Å². The van der Waals surface area contributed by atoms with Crippen LogP contribution in [0.25, 0.3) is 0 Å². The molecule has 1 amide bonds. The van der Waals surface area contributed by atoms with Crippen LogP contribution in [0.4, 0.5) is 5.82 Å². The van der Waals surface area contributed by atoms with Gasteiger partial charge in [-0.1, -0.05) is 15.9 Å². The van der Waals surface area contributed by atoms with Crippen LogP contribution in [0, 0.1) is 5.92 Å². The van der Waals surface area contributed by atoms with Crippen LogP contribution in [0.3, 0.4) is 0 Å². The van der Waals surface area contributed by atoms with Crippen molar-refractivity contribution < 1.29 is 4.79 Å². The highest BCUT2D eigenvalue weighted by Crippen LogP contribution is 2.24. The minimum Gasteiger partial charge on any atom is -0.296 e. The number of aromatic nitrogens is 2. The highest BCUT2D eigenvalue weighted by atomic mass is 79.9. The molecule has 6 heteroatoms. The van der Waals surface area contributed by atoms with E-state index >= 15 is 0 Å². The predicted molar refractivity (Wildman–Crippen MR) is 61.3 cm³/mol. The molecule has 15 heavy (non-hydrogen) atoms. The van der Waals surface area contributed by atoms with Crippen molar-refractivity contribution in [2.45, 2.75) is 6.42 Å². The van der Waals surface area contributed by atoms with E-state index in [-0.39, 0.29) is 11.2 Å². The molecular weight excluding hydrogens is 281 g/mol. The lowest BCUT2D eigenvalue weighted by Gasteiger charge is -2.14. The number of hydrogen-bond acceptors (Lipinski definition) is 3. The SMILES string of the molecule is O=C1CC(CBr)CN1c1ccnc(Cl)n1. The molecule has 0 radical (unpaired) electrons. The molecule has 1 aromatic rings. The molecule has 1 aromatic heterocycles. The number of nitrogens with zero attached hydrogens (tertiary/aromatic N) is 3. The molecular formula is C9H9BrClN3O. The lowest BCUT2D eigenvalue weighted by atomic mass is 10.2. The Labute approximate surface area is 101 Å². The normalized spacial score (nSPS) is 21.1. The highest BCUT2D eigenvalue weighted by molar-refractivity contribution is 9.09. The molecule has 0 bridgehead atoms. The fourth-order valence-corrected chi connectivity index (χ4v) is 2.16. The van der Waals surface area contributed by atoms with Gasteiger partial charge in [0.2, 0.25) is 11.2 Å². The first-order valence-electron chi connectivity index (χ1n) is 4.55. The fourth-order valence-electron chi connectivity index (χ4n) is 1.58. The first-order valence-corrected chi connectivity index (χ1v) is 6.05. The van der Waals surface area contributed by atoms with Gasteiger partial charge in [-0.2, -0.15) is 0 Å². The number of carbonyl (C=O) groups is 1. The second-order valence-electron chi connectivity index (χ2n) is 3.41. The van der Waals surface area contributed by atoms with Crippen LogP contribution in [0.15, 0.2) is 12.3 Å². The average molecular weight is 291 g/mol. The van der Waals surface area contributed by atoms with Crippen molar-refractivity contribution >= 4 is 39.3 Å². The van der Waals surface area contributed by atoms with Crippen molar-refractivity contribution in [2.24, 2.45) is 5.92 Å². The minimum atomic E-state index is 0.0919. The van der Waals surface area contributed by atoms with Gasteiger partial charge in [0.15, 0.2) is 0 Å². The van der Waals surface area contributed by atoms with Gasteiger partial charge >= 0.3 is 0 Å². The first-order chi connectivity index (χ1) is 7.20. The van der Waals surface area contributed by atoms with E-state index in [1.54, 1.807) is 17.2 Å². The summed E-state index contributed by atoms with van der Waals surface area (Å²) in [5.74, 6) is 1.03. The number of rotatable bonds is 2. The second kappa shape index (κ2) is 4.45. The maximum absolute atomic E-state index is 11.7. The number of anilines is 1. The van der Waals surface area contributed by atoms with Gasteiger partial charge in [0.1, 0.15) is 5.82 Å².